The van der Waals surface area contributed by atoms with Crippen LogP contribution < -0.4 is 10.6 Å². The minimum Gasteiger partial charge on any atom is -0.507 e. The molecular formula is C22H21ClN4O3. The average molecular weight is 425 g/mol. The maximum atomic E-state index is 12.4. The Bertz CT molecular complexity index is 1100. The highest BCUT2D eigenvalue weighted by molar-refractivity contribution is 6.30. The molecule has 1 saturated carbocycles. The molecule has 7 nitrogen and oxygen atoms in total. The first-order valence-corrected chi connectivity index (χ1v) is 10.1. The number of hydrogen-bond acceptors (Lipinski definition) is 4. The van der Waals surface area contributed by atoms with E-state index in [1.807, 2.05) is 13.0 Å². The fourth-order valence-corrected chi connectivity index (χ4v) is 3.34. The third kappa shape index (κ3) is 4.16. The van der Waals surface area contributed by atoms with Gasteiger partial charge in [0.1, 0.15) is 5.75 Å². The molecule has 154 valence electrons. The first-order chi connectivity index (χ1) is 14.5. The number of hydrogen-bond donors (Lipinski definition) is 3. The van der Waals surface area contributed by atoms with Gasteiger partial charge in [-0.3, -0.25) is 4.79 Å². The second-order valence-electron chi connectivity index (χ2n) is 7.17. The van der Waals surface area contributed by atoms with Gasteiger partial charge in [-0.2, -0.15) is 9.78 Å². The lowest BCUT2D eigenvalue weighted by Crippen LogP contribution is -2.30. The number of carbonyl (C=O) groups excluding carboxylic acids is 2. The molecule has 1 heterocycles. The predicted octanol–water partition coefficient (Wildman–Crippen LogP) is 4.62. The Labute approximate surface area is 178 Å². The van der Waals surface area contributed by atoms with Crippen molar-refractivity contribution in [2.45, 2.75) is 25.7 Å². The van der Waals surface area contributed by atoms with E-state index >= 15 is 0 Å². The lowest BCUT2D eigenvalue weighted by Gasteiger charge is -2.08. The molecule has 0 atom stereocenters. The van der Waals surface area contributed by atoms with Crippen LogP contribution >= 0.6 is 11.6 Å². The Morgan fingerprint density at radius 1 is 1.17 bits per heavy atom. The van der Waals surface area contributed by atoms with Crippen LogP contribution in [0.25, 0.3) is 11.3 Å². The summed E-state index contributed by atoms with van der Waals surface area (Å²) in [6.07, 6.45) is 2.04. The second-order valence-corrected chi connectivity index (χ2v) is 7.61. The zero-order valence-electron chi connectivity index (χ0n) is 16.4. The van der Waals surface area contributed by atoms with E-state index < -0.39 is 0 Å². The van der Waals surface area contributed by atoms with Gasteiger partial charge in [0.15, 0.2) is 0 Å². The molecule has 30 heavy (non-hydrogen) atoms. The highest BCUT2D eigenvalue weighted by Crippen LogP contribution is 2.42. The van der Waals surface area contributed by atoms with Gasteiger partial charge >= 0.3 is 6.03 Å². The van der Waals surface area contributed by atoms with Gasteiger partial charge in [0.25, 0.3) is 5.91 Å². The monoisotopic (exact) mass is 424 g/mol. The summed E-state index contributed by atoms with van der Waals surface area (Å²) < 4.78 is 1.38. The number of amides is 2. The number of rotatable bonds is 5. The number of anilines is 1. The van der Waals surface area contributed by atoms with Gasteiger partial charge in [0.05, 0.1) is 11.4 Å². The van der Waals surface area contributed by atoms with E-state index in [0.717, 1.165) is 18.5 Å². The van der Waals surface area contributed by atoms with Crippen molar-refractivity contribution in [3.63, 3.8) is 0 Å². The molecule has 3 N–H and O–H groups in total. The highest BCUT2D eigenvalue weighted by Gasteiger charge is 2.30. The van der Waals surface area contributed by atoms with E-state index in [-0.39, 0.29) is 17.7 Å². The zero-order valence-corrected chi connectivity index (χ0v) is 17.1. The van der Waals surface area contributed by atoms with Gasteiger partial charge in [-0.15, -0.1) is 0 Å². The molecular weight excluding hydrogens is 404 g/mol. The summed E-state index contributed by atoms with van der Waals surface area (Å²) in [6.45, 7) is 2.35. The standard InChI is InChI=1S/C22H21ClN4O3/c1-2-24-22(30)27-19(13-3-4-13)12-18(26-27)17-10-9-16(11-20(17)28)25-21(29)14-5-7-15(23)8-6-14/h5-13,28H,2-4H2,1H3,(H,24,30)(H,25,29). The quantitative estimate of drug-likeness (QED) is 0.557. The van der Waals surface area contributed by atoms with Crippen LogP contribution in [0.15, 0.2) is 48.5 Å². The summed E-state index contributed by atoms with van der Waals surface area (Å²) in [6, 6.07) is 12.9. The number of carbonyl (C=O) groups is 2. The van der Waals surface area contributed by atoms with E-state index in [0.29, 0.717) is 40.0 Å². The number of phenols is 1. The molecule has 0 unspecified atom stereocenters. The van der Waals surface area contributed by atoms with Crippen LogP contribution in [0.5, 0.6) is 5.75 Å². The maximum Gasteiger partial charge on any atom is 0.342 e. The number of aromatic nitrogens is 2. The van der Waals surface area contributed by atoms with E-state index in [4.69, 9.17) is 11.6 Å². The smallest absolute Gasteiger partial charge is 0.342 e. The first kappa shape index (κ1) is 20.0. The van der Waals surface area contributed by atoms with Crippen LogP contribution in [0.1, 0.15) is 41.7 Å². The third-order valence-electron chi connectivity index (χ3n) is 4.89. The molecule has 2 aromatic carbocycles. The highest BCUT2D eigenvalue weighted by atomic mass is 35.5. The average Bonchev–Trinajstić information content (AvgIpc) is 3.47. The number of aromatic hydroxyl groups is 1. The number of nitrogens with one attached hydrogen (secondary N) is 2. The molecule has 1 aromatic heterocycles. The molecule has 4 rings (SSSR count). The van der Waals surface area contributed by atoms with Gasteiger partial charge in [-0.1, -0.05) is 11.6 Å². The molecule has 0 aliphatic heterocycles. The maximum absolute atomic E-state index is 12.4. The van der Waals surface area contributed by atoms with Gasteiger partial charge in [-0.25, -0.2) is 4.79 Å². The lowest BCUT2D eigenvalue weighted by atomic mass is 10.1. The first-order valence-electron chi connectivity index (χ1n) is 9.74. The van der Waals surface area contributed by atoms with Crippen molar-refractivity contribution in [1.82, 2.24) is 15.1 Å². The number of halogens is 1. The van der Waals surface area contributed by atoms with Gasteiger partial charge < -0.3 is 15.7 Å². The van der Waals surface area contributed by atoms with Crippen molar-refractivity contribution in [1.29, 1.82) is 0 Å². The molecule has 8 heteroatoms. The summed E-state index contributed by atoms with van der Waals surface area (Å²) in [4.78, 5) is 24.7. The lowest BCUT2D eigenvalue weighted by molar-refractivity contribution is 0.102. The summed E-state index contributed by atoms with van der Waals surface area (Å²) in [5, 5.41) is 21.0. The molecule has 0 spiro atoms. The topological polar surface area (TPSA) is 96.3 Å². The summed E-state index contributed by atoms with van der Waals surface area (Å²) in [5.74, 6) is -0.0314. The molecule has 1 aliphatic rings. The van der Waals surface area contributed by atoms with Crippen LogP contribution in [0, 0.1) is 0 Å². The molecule has 0 bridgehead atoms. The van der Waals surface area contributed by atoms with Crippen molar-refractivity contribution in [2.24, 2.45) is 0 Å². The largest absolute Gasteiger partial charge is 0.507 e. The van der Waals surface area contributed by atoms with Crippen molar-refractivity contribution in [2.75, 3.05) is 11.9 Å². The van der Waals surface area contributed by atoms with Crippen molar-refractivity contribution in [3.8, 4) is 17.0 Å². The Morgan fingerprint density at radius 2 is 1.90 bits per heavy atom. The van der Waals surface area contributed by atoms with Gasteiger partial charge in [-0.05, 0) is 62.2 Å². The molecule has 2 amide bonds. The van der Waals surface area contributed by atoms with E-state index in [1.165, 1.54) is 10.7 Å². The Balaban J connectivity index is 1.57. The van der Waals surface area contributed by atoms with Crippen LogP contribution in [-0.2, 0) is 0 Å². The van der Waals surface area contributed by atoms with Crippen molar-refractivity contribution in [3.05, 3.63) is 64.8 Å². The molecule has 3 aromatic rings. The summed E-state index contributed by atoms with van der Waals surface area (Å²) in [5.41, 5.74) is 2.75. The number of nitrogens with zero attached hydrogens (tertiary/aromatic N) is 2. The Morgan fingerprint density at radius 3 is 2.53 bits per heavy atom. The molecule has 0 saturated heterocycles. The third-order valence-corrected chi connectivity index (χ3v) is 5.14. The predicted molar refractivity (Wildman–Crippen MR) is 115 cm³/mol. The van der Waals surface area contributed by atoms with Crippen molar-refractivity contribution < 1.29 is 14.7 Å². The Kier molecular flexibility index (Phi) is 5.46. The van der Waals surface area contributed by atoms with E-state index in [9.17, 15) is 14.7 Å². The minimum atomic E-state index is -0.310. The van der Waals surface area contributed by atoms with Crippen LogP contribution in [0.4, 0.5) is 10.5 Å². The van der Waals surface area contributed by atoms with E-state index in [2.05, 4.69) is 15.7 Å². The normalized spacial score (nSPS) is 13.1. The number of phenolic OH excluding ortho intramolecular Hbond substituents is 1. The SMILES string of the molecule is CCNC(=O)n1nc(-c2ccc(NC(=O)c3ccc(Cl)cc3)cc2O)cc1C1CC1. The number of benzene rings is 2. The van der Waals surface area contributed by atoms with E-state index in [1.54, 1.807) is 36.4 Å². The van der Waals surface area contributed by atoms with Crippen LogP contribution in [0.2, 0.25) is 5.02 Å². The van der Waals surface area contributed by atoms with Gasteiger partial charge in [0, 0.05) is 40.4 Å². The second kappa shape index (κ2) is 8.20. The minimum absolute atomic E-state index is 0.0354. The zero-order chi connectivity index (χ0) is 21.3. The molecule has 0 radical (unpaired) electrons. The summed E-state index contributed by atoms with van der Waals surface area (Å²) >= 11 is 5.85. The Hall–Kier alpha value is -3.32. The fraction of sp³-hybridized carbons (Fsp3) is 0.227. The molecule has 1 fully saturated rings. The molecule has 1 aliphatic carbocycles. The van der Waals surface area contributed by atoms with Gasteiger partial charge in [0.2, 0.25) is 0 Å². The summed E-state index contributed by atoms with van der Waals surface area (Å²) in [7, 11) is 0. The van der Waals surface area contributed by atoms with Crippen LogP contribution in [-0.4, -0.2) is 33.4 Å². The van der Waals surface area contributed by atoms with Crippen LogP contribution in [0.3, 0.4) is 0 Å². The van der Waals surface area contributed by atoms with Crippen molar-refractivity contribution >= 4 is 29.2 Å². The fourth-order valence-electron chi connectivity index (χ4n) is 3.22.